The first-order valence-corrected chi connectivity index (χ1v) is 10.4. The lowest BCUT2D eigenvalue weighted by Gasteiger charge is -2.36. The second-order valence-electron chi connectivity index (χ2n) is 6.46. The summed E-state index contributed by atoms with van der Waals surface area (Å²) in [5.74, 6) is 0.963. The molecule has 104 valence electrons. The molecule has 1 aromatic carbocycles. The maximum Gasteiger partial charge on any atom is 0.250 e. The number of aryl methyl sites for hydroxylation is 1. The number of rotatable bonds is 2. The summed E-state index contributed by atoms with van der Waals surface area (Å²) in [4.78, 5) is 0. The fourth-order valence-electron chi connectivity index (χ4n) is 1.71. The number of nitrogens with zero attached hydrogens (tertiary/aromatic N) is 2. The molecule has 2 aromatic rings. The van der Waals surface area contributed by atoms with Crippen LogP contribution in [-0.4, -0.2) is 18.1 Å². The minimum Gasteiger partial charge on any atom is -0.543 e. The Morgan fingerprint density at radius 3 is 2.47 bits per heavy atom. The van der Waals surface area contributed by atoms with Crippen molar-refractivity contribution in [2.24, 2.45) is 7.05 Å². The van der Waals surface area contributed by atoms with Gasteiger partial charge in [-0.25, -0.2) is 0 Å². The highest BCUT2D eigenvalue weighted by molar-refractivity contribution is 14.1. The van der Waals surface area contributed by atoms with Gasteiger partial charge in [-0.15, -0.1) is 0 Å². The maximum absolute atomic E-state index is 6.34. The SMILES string of the molecule is Cn1nc(I)c2cc(O[Si](C)(C)C(C)(C)C)ccc21. The summed E-state index contributed by atoms with van der Waals surface area (Å²) in [7, 11) is 0.198. The van der Waals surface area contributed by atoms with E-state index < -0.39 is 8.32 Å². The highest BCUT2D eigenvalue weighted by Crippen LogP contribution is 2.38. The molecule has 0 amide bonds. The highest BCUT2D eigenvalue weighted by Gasteiger charge is 2.39. The number of hydrogen-bond acceptors (Lipinski definition) is 2. The number of halogens is 1. The molecule has 1 aromatic heterocycles. The zero-order valence-corrected chi connectivity index (χ0v) is 15.6. The Labute approximate surface area is 129 Å². The standard InChI is InChI=1S/C14H21IN2OSi/c1-14(2,3)19(5,6)18-10-7-8-12-11(9-10)13(15)16-17(12)4/h7-9H,1-6H3. The van der Waals surface area contributed by atoms with Crippen LogP contribution < -0.4 is 4.43 Å². The Balaban J connectivity index is 2.40. The minimum atomic E-state index is -1.77. The monoisotopic (exact) mass is 388 g/mol. The van der Waals surface area contributed by atoms with E-state index >= 15 is 0 Å². The minimum absolute atomic E-state index is 0.212. The van der Waals surface area contributed by atoms with Gasteiger partial charge in [0.05, 0.1) is 5.52 Å². The van der Waals surface area contributed by atoms with Crippen molar-refractivity contribution < 1.29 is 4.43 Å². The van der Waals surface area contributed by atoms with Gasteiger partial charge in [0.15, 0.2) is 0 Å². The molecule has 0 fully saturated rings. The predicted molar refractivity (Wildman–Crippen MR) is 91.3 cm³/mol. The molecular formula is C14H21IN2OSi. The van der Waals surface area contributed by atoms with E-state index in [0.29, 0.717) is 0 Å². The van der Waals surface area contributed by atoms with E-state index in [-0.39, 0.29) is 5.04 Å². The average Bonchev–Trinajstić information content (AvgIpc) is 2.52. The second-order valence-corrected chi connectivity index (χ2v) is 12.2. The van der Waals surface area contributed by atoms with Gasteiger partial charge in [0.2, 0.25) is 8.32 Å². The van der Waals surface area contributed by atoms with Gasteiger partial charge in [0.1, 0.15) is 9.45 Å². The van der Waals surface area contributed by atoms with Gasteiger partial charge in [-0.2, -0.15) is 5.10 Å². The van der Waals surface area contributed by atoms with Gasteiger partial charge in [-0.3, -0.25) is 4.68 Å². The molecule has 0 aliphatic heterocycles. The Morgan fingerprint density at radius 1 is 1.26 bits per heavy atom. The smallest absolute Gasteiger partial charge is 0.250 e. The van der Waals surface area contributed by atoms with Crippen LogP contribution in [0, 0.1) is 3.70 Å². The summed E-state index contributed by atoms with van der Waals surface area (Å²) in [6.07, 6.45) is 0. The van der Waals surface area contributed by atoms with Crippen molar-refractivity contribution in [1.29, 1.82) is 0 Å². The van der Waals surface area contributed by atoms with Crippen LogP contribution in [0.1, 0.15) is 20.8 Å². The van der Waals surface area contributed by atoms with Gasteiger partial charge in [-0.05, 0) is 58.9 Å². The zero-order valence-electron chi connectivity index (χ0n) is 12.4. The quantitative estimate of drug-likeness (QED) is 0.557. The van der Waals surface area contributed by atoms with Crippen molar-refractivity contribution in [3.63, 3.8) is 0 Å². The molecule has 2 rings (SSSR count). The third-order valence-electron chi connectivity index (χ3n) is 3.96. The van der Waals surface area contributed by atoms with E-state index in [1.807, 2.05) is 11.7 Å². The van der Waals surface area contributed by atoms with Gasteiger partial charge >= 0.3 is 0 Å². The van der Waals surface area contributed by atoms with Crippen LogP contribution in [0.25, 0.3) is 10.9 Å². The molecule has 0 radical (unpaired) electrons. The first-order chi connectivity index (χ1) is 8.62. The zero-order chi connectivity index (χ0) is 14.4. The molecule has 5 heteroatoms. The van der Waals surface area contributed by atoms with Gasteiger partial charge in [0, 0.05) is 12.4 Å². The molecule has 3 nitrogen and oxygen atoms in total. The van der Waals surface area contributed by atoms with Gasteiger partial charge in [-0.1, -0.05) is 20.8 Å². The lowest BCUT2D eigenvalue weighted by molar-refractivity contribution is 0.493. The van der Waals surface area contributed by atoms with Crippen LogP contribution >= 0.6 is 22.6 Å². The van der Waals surface area contributed by atoms with Crippen molar-refractivity contribution in [2.75, 3.05) is 0 Å². The predicted octanol–water partition coefficient (Wildman–Crippen LogP) is 4.56. The van der Waals surface area contributed by atoms with E-state index in [4.69, 9.17) is 4.43 Å². The fraction of sp³-hybridized carbons (Fsp3) is 0.500. The number of fused-ring (bicyclic) bond motifs is 1. The number of hydrogen-bond donors (Lipinski definition) is 0. The summed E-state index contributed by atoms with van der Waals surface area (Å²) in [6.45, 7) is 11.3. The van der Waals surface area contributed by atoms with Crippen LogP contribution in [0.5, 0.6) is 5.75 Å². The molecule has 0 N–H and O–H groups in total. The molecule has 0 unspecified atom stereocenters. The first-order valence-electron chi connectivity index (χ1n) is 6.43. The second kappa shape index (κ2) is 4.77. The number of benzene rings is 1. The van der Waals surface area contributed by atoms with E-state index in [1.165, 1.54) is 5.39 Å². The highest BCUT2D eigenvalue weighted by atomic mass is 127. The van der Waals surface area contributed by atoms with Crippen LogP contribution in [0.2, 0.25) is 18.1 Å². The lowest BCUT2D eigenvalue weighted by atomic mass is 10.2. The van der Waals surface area contributed by atoms with Crippen LogP contribution in [0.15, 0.2) is 18.2 Å². The molecule has 1 heterocycles. The summed E-state index contributed by atoms with van der Waals surface area (Å²) in [5.41, 5.74) is 1.15. The van der Waals surface area contributed by atoms with E-state index in [2.05, 4.69) is 79.8 Å². The fourth-order valence-corrected chi connectivity index (χ4v) is 3.49. The Bertz CT molecular complexity index is 614. The van der Waals surface area contributed by atoms with Crippen molar-refractivity contribution in [3.05, 3.63) is 21.9 Å². The molecule has 0 aliphatic carbocycles. The maximum atomic E-state index is 6.34. The molecule has 0 spiro atoms. The summed E-state index contributed by atoms with van der Waals surface area (Å²) >= 11 is 2.27. The topological polar surface area (TPSA) is 27.1 Å². The molecule has 0 atom stereocenters. The van der Waals surface area contributed by atoms with E-state index in [9.17, 15) is 0 Å². The third kappa shape index (κ3) is 2.81. The number of aromatic nitrogens is 2. The van der Waals surface area contributed by atoms with Crippen molar-refractivity contribution in [3.8, 4) is 5.75 Å². The van der Waals surface area contributed by atoms with Gasteiger partial charge < -0.3 is 4.43 Å². The van der Waals surface area contributed by atoms with Crippen LogP contribution in [0.4, 0.5) is 0 Å². The molecule has 0 saturated carbocycles. The molecule has 0 saturated heterocycles. The third-order valence-corrected chi connectivity index (χ3v) is 9.11. The normalized spacial score (nSPS) is 13.0. The summed E-state index contributed by atoms with van der Waals surface area (Å²) in [5, 5.41) is 5.81. The van der Waals surface area contributed by atoms with Crippen molar-refractivity contribution >= 4 is 41.8 Å². The largest absolute Gasteiger partial charge is 0.543 e. The first kappa shape index (κ1) is 14.8. The Kier molecular flexibility index (Phi) is 3.72. The summed E-state index contributed by atoms with van der Waals surface area (Å²) in [6, 6.07) is 6.26. The van der Waals surface area contributed by atoms with E-state index in [1.54, 1.807) is 0 Å². The molecular weight excluding hydrogens is 367 g/mol. The van der Waals surface area contributed by atoms with Crippen LogP contribution in [0.3, 0.4) is 0 Å². The average molecular weight is 388 g/mol. The lowest BCUT2D eigenvalue weighted by Crippen LogP contribution is -2.43. The van der Waals surface area contributed by atoms with Crippen molar-refractivity contribution in [2.45, 2.75) is 38.9 Å². The van der Waals surface area contributed by atoms with E-state index in [0.717, 1.165) is 15.0 Å². The molecule has 0 bridgehead atoms. The Morgan fingerprint density at radius 2 is 1.89 bits per heavy atom. The van der Waals surface area contributed by atoms with Crippen molar-refractivity contribution in [1.82, 2.24) is 9.78 Å². The van der Waals surface area contributed by atoms with Crippen LogP contribution in [-0.2, 0) is 7.05 Å². The Hall–Kier alpha value is -0.563. The molecule has 19 heavy (non-hydrogen) atoms. The van der Waals surface area contributed by atoms with Gasteiger partial charge in [0.25, 0.3) is 0 Å². The molecule has 0 aliphatic rings. The summed E-state index contributed by atoms with van der Waals surface area (Å²) < 4.78 is 9.27.